The van der Waals surface area contributed by atoms with E-state index in [-0.39, 0.29) is 24.7 Å². The van der Waals surface area contributed by atoms with Crippen LogP contribution in [-0.4, -0.2) is 47.1 Å². The highest BCUT2D eigenvalue weighted by atomic mass is 35.5. The van der Waals surface area contributed by atoms with E-state index in [1.54, 1.807) is 0 Å². The molecule has 21 heavy (non-hydrogen) atoms. The van der Waals surface area contributed by atoms with Crippen LogP contribution in [0.1, 0.15) is 12.0 Å². The number of rotatable bonds is 7. The lowest BCUT2D eigenvalue weighted by molar-refractivity contribution is -0.139. The second-order valence-electron chi connectivity index (χ2n) is 4.69. The molecular weight excluding hydrogens is 314 g/mol. The van der Waals surface area contributed by atoms with Gasteiger partial charge in [-0.05, 0) is 17.7 Å². The van der Waals surface area contributed by atoms with Gasteiger partial charge in [0.1, 0.15) is 5.82 Å². The van der Waals surface area contributed by atoms with Crippen molar-refractivity contribution in [2.24, 2.45) is 0 Å². The minimum Gasteiger partial charge on any atom is -0.394 e. The molecule has 0 aliphatic carbocycles. The third-order valence-corrected chi connectivity index (χ3v) is 3.09. The number of hydrogen-bond acceptors (Lipinski definition) is 3. The standard InChI is InChI=1S/C13H16ClF4NO2/c14-11-2-1-9(5-12(11)15)6-19(7-10(21)8-20)4-3-13(16,17)18/h1-2,5,10,20-21H,3-4,6-8H2/t10-/m0/s1. The molecule has 0 aromatic heterocycles. The lowest BCUT2D eigenvalue weighted by atomic mass is 10.2. The Bertz CT molecular complexity index is 456. The second-order valence-corrected chi connectivity index (χ2v) is 5.09. The Morgan fingerprint density at radius 3 is 2.48 bits per heavy atom. The molecule has 0 aliphatic heterocycles. The molecule has 0 saturated heterocycles. The van der Waals surface area contributed by atoms with E-state index in [4.69, 9.17) is 16.7 Å². The van der Waals surface area contributed by atoms with Crippen molar-refractivity contribution < 1.29 is 27.8 Å². The molecular formula is C13H16ClF4NO2. The largest absolute Gasteiger partial charge is 0.394 e. The van der Waals surface area contributed by atoms with Gasteiger partial charge in [-0.1, -0.05) is 17.7 Å². The van der Waals surface area contributed by atoms with Gasteiger partial charge in [0.25, 0.3) is 0 Å². The predicted molar refractivity (Wildman–Crippen MR) is 70.5 cm³/mol. The van der Waals surface area contributed by atoms with Gasteiger partial charge in [0.15, 0.2) is 0 Å². The van der Waals surface area contributed by atoms with Crippen LogP contribution >= 0.6 is 11.6 Å². The molecule has 0 amide bonds. The van der Waals surface area contributed by atoms with Gasteiger partial charge in [-0.2, -0.15) is 13.2 Å². The molecule has 0 spiro atoms. The highest BCUT2D eigenvalue weighted by Gasteiger charge is 2.28. The summed E-state index contributed by atoms with van der Waals surface area (Å²) in [5.74, 6) is -0.660. The van der Waals surface area contributed by atoms with Crippen LogP contribution in [0.15, 0.2) is 18.2 Å². The fourth-order valence-corrected chi connectivity index (χ4v) is 1.89. The first kappa shape index (κ1) is 18.2. The van der Waals surface area contributed by atoms with Crippen molar-refractivity contribution in [3.63, 3.8) is 0 Å². The highest BCUT2D eigenvalue weighted by Crippen LogP contribution is 2.21. The topological polar surface area (TPSA) is 43.7 Å². The van der Waals surface area contributed by atoms with E-state index >= 15 is 0 Å². The molecule has 0 fully saturated rings. The van der Waals surface area contributed by atoms with E-state index in [2.05, 4.69) is 0 Å². The Morgan fingerprint density at radius 2 is 1.95 bits per heavy atom. The van der Waals surface area contributed by atoms with Crippen LogP contribution in [0.5, 0.6) is 0 Å². The van der Waals surface area contributed by atoms with Gasteiger partial charge in [-0.25, -0.2) is 4.39 Å². The smallest absolute Gasteiger partial charge is 0.390 e. The van der Waals surface area contributed by atoms with E-state index < -0.39 is 31.1 Å². The molecule has 1 atom stereocenters. The fraction of sp³-hybridized carbons (Fsp3) is 0.538. The first-order valence-corrected chi connectivity index (χ1v) is 6.61. The summed E-state index contributed by atoms with van der Waals surface area (Å²) < 4.78 is 50.1. The third kappa shape index (κ3) is 7.08. The molecule has 1 rings (SSSR count). The number of benzene rings is 1. The summed E-state index contributed by atoms with van der Waals surface area (Å²) in [6.07, 6.45) is -6.54. The number of halogens is 5. The summed E-state index contributed by atoms with van der Waals surface area (Å²) in [5.41, 5.74) is 0.434. The number of hydrogen-bond donors (Lipinski definition) is 2. The summed E-state index contributed by atoms with van der Waals surface area (Å²) in [5, 5.41) is 18.1. The molecule has 0 radical (unpaired) electrons. The zero-order chi connectivity index (χ0) is 16.0. The Hall–Kier alpha value is -0.890. The quantitative estimate of drug-likeness (QED) is 0.756. The number of alkyl halides is 3. The highest BCUT2D eigenvalue weighted by molar-refractivity contribution is 6.30. The fourth-order valence-electron chi connectivity index (χ4n) is 1.77. The van der Waals surface area contributed by atoms with E-state index in [9.17, 15) is 22.7 Å². The molecule has 0 unspecified atom stereocenters. The maximum absolute atomic E-state index is 13.3. The number of nitrogens with zero attached hydrogens (tertiary/aromatic N) is 1. The Balaban J connectivity index is 2.72. The van der Waals surface area contributed by atoms with Crippen LogP contribution in [-0.2, 0) is 6.54 Å². The van der Waals surface area contributed by atoms with Crippen molar-refractivity contribution in [1.29, 1.82) is 0 Å². The van der Waals surface area contributed by atoms with Crippen molar-refractivity contribution in [2.75, 3.05) is 19.7 Å². The molecule has 8 heteroatoms. The van der Waals surface area contributed by atoms with Crippen LogP contribution in [0.4, 0.5) is 17.6 Å². The van der Waals surface area contributed by atoms with Gasteiger partial charge >= 0.3 is 6.18 Å². The average molecular weight is 330 g/mol. The minimum absolute atomic E-state index is 0.0151. The minimum atomic E-state index is -4.33. The van der Waals surface area contributed by atoms with Crippen LogP contribution in [0.3, 0.4) is 0 Å². The monoisotopic (exact) mass is 329 g/mol. The summed E-state index contributed by atoms with van der Waals surface area (Å²) in [7, 11) is 0. The predicted octanol–water partition coefficient (Wildman–Crippen LogP) is 2.59. The lowest BCUT2D eigenvalue weighted by Crippen LogP contribution is -2.36. The average Bonchev–Trinajstić information content (AvgIpc) is 2.39. The molecule has 3 nitrogen and oxygen atoms in total. The summed E-state index contributed by atoms with van der Waals surface area (Å²) >= 11 is 5.53. The Kier molecular flexibility index (Phi) is 6.86. The maximum Gasteiger partial charge on any atom is 0.390 e. The van der Waals surface area contributed by atoms with Crippen LogP contribution in [0.2, 0.25) is 5.02 Å². The SMILES string of the molecule is OC[C@@H](O)CN(CCC(F)(F)F)Cc1ccc(Cl)c(F)c1. The normalized spacial score (nSPS) is 13.7. The molecule has 1 aromatic rings. The molecule has 0 aliphatic rings. The summed E-state index contributed by atoms with van der Waals surface area (Å²) in [6, 6.07) is 3.95. The Morgan fingerprint density at radius 1 is 1.29 bits per heavy atom. The lowest BCUT2D eigenvalue weighted by Gasteiger charge is -2.25. The first-order chi connectivity index (χ1) is 9.71. The number of aliphatic hydroxyl groups is 2. The van der Waals surface area contributed by atoms with Crippen molar-refractivity contribution in [2.45, 2.75) is 25.2 Å². The summed E-state index contributed by atoms with van der Waals surface area (Å²) in [4.78, 5) is 1.30. The zero-order valence-electron chi connectivity index (χ0n) is 11.1. The molecule has 0 heterocycles. The molecule has 2 N–H and O–H groups in total. The van der Waals surface area contributed by atoms with Gasteiger partial charge in [0, 0.05) is 19.6 Å². The van der Waals surface area contributed by atoms with Crippen molar-refractivity contribution >= 4 is 11.6 Å². The van der Waals surface area contributed by atoms with Crippen LogP contribution < -0.4 is 0 Å². The number of aliphatic hydroxyl groups excluding tert-OH is 2. The van der Waals surface area contributed by atoms with Crippen LogP contribution in [0.25, 0.3) is 0 Å². The zero-order valence-corrected chi connectivity index (χ0v) is 11.8. The van der Waals surface area contributed by atoms with Gasteiger partial charge in [-0.15, -0.1) is 0 Å². The molecule has 0 saturated carbocycles. The van der Waals surface area contributed by atoms with Crippen molar-refractivity contribution in [1.82, 2.24) is 4.90 Å². The first-order valence-electron chi connectivity index (χ1n) is 6.23. The van der Waals surface area contributed by atoms with E-state index in [0.717, 1.165) is 6.07 Å². The van der Waals surface area contributed by atoms with E-state index in [1.165, 1.54) is 17.0 Å². The van der Waals surface area contributed by atoms with Gasteiger partial charge in [0.05, 0.1) is 24.2 Å². The third-order valence-electron chi connectivity index (χ3n) is 2.78. The molecule has 120 valence electrons. The molecule has 1 aromatic carbocycles. The molecule has 0 bridgehead atoms. The summed E-state index contributed by atoms with van der Waals surface area (Å²) in [6.45, 7) is -1.04. The van der Waals surface area contributed by atoms with E-state index in [0.29, 0.717) is 5.56 Å². The van der Waals surface area contributed by atoms with Crippen molar-refractivity contribution in [3.8, 4) is 0 Å². The van der Waals surface area contributed by atoms with Gasteiger partial charge in [0.2, 0.25) is 0 Å². The van der Waals surface area contributed by atoms with E-state index in [1.807, 2.05) is 0 Å². The maximum atomic E-state index is 13.3. The van der Waals surface area contributed by atoms with Crippen LogP contribution in [0, 0.1) is 5.82 Å². The van der Waals surface area contributed by atoms with Gasteiger partial charge in [-0.3, -0.25) is 4.90 Å². The van der Waals surface area contributed by atoms with Crippen molar-refractivity contribution in [3.05, 3.63) is 34.6 Å². The Labute approximate surface area is 124 Å². The second kappa shape index (κ2) is 7.93. The van der Waals surface area contributed by atoms with Gasteiger partial charge < -0.3 is 10.2 Å².